The van der Waals surface area contributed by atoms with Gasteiger partial charge in [-0.1, -0.05) is 47.2 Å². The number of hydrogen-bond acceptors (Lipinski definition) is 6. The summed E-state index contributed by atoms with van der Waals surface area (Å²) in [5.41, 5.74) is 6.66. The molecule has 0 fully saturated rings. The van der Waals surface area contributed by atoms with Gasteiger partial charge in [-0.15, -0.1) is 0 Å². The number of carbonyl (C=O) groups is 1. The van der Waals surface area contributed by atoms with Gasteiger partial charge in [-0.2, -0.15) is 0 Å². The minimum Gasteiger partial charge on any atom is -0.496 e. The van der Waals surface area contributed by atoms with E-state index in [0.717, 1.165) is 22.6 Å². The average molecular weight is 542 g/mol. The highest BCUT2D eigenvalue weighted by Gasteiger charge is 2.35. The van der Waals surface area contributed by atoms with E-state index in [-0.39, 0.29) is 12.2 Å². The van der Waals surface area contributed by atoms with E-state index in [1.54, 1.807) is 25.5 Å². The Hall–Kier alpha value is -4.17. The van der Waals surface area contributed by atoms with Crippen LogP contribution in [-0.2, 0) is 9.53 Å². The zero-order chi connectivity index (χ0) is 27.8. The van der Waals surface area contributed by atoms with E-state index in [4.69, 9.17) is 9.47 Å². The second-order valence-corrected chi connectivity index (χ2v) is 10.6. The minimum absolute atomic E-state index is 0.218. The lowest BCUT2D eigenvalue weighted by Crippen LogP contribution is -2.40. The van der Waals surface area contributed by atoms with Crippen LogP contribution in [0.5, 0.6) is 5.75 Å². The summed E-state index contributed by atoms with van der Waals surface area (Å²) in [5.74, 6) is 0.0841. The number of allylic oxidation sites excluding steroid dienone is 1. The van der Waals surface area contributed by atoms with Crippen molar-refractivity contribution in [1.82, 2.24) is 9.13 Å². The van der Waals surface area contributed by atoms with Gasteiger partial charge in [0.25, 0.3) is 5.56 Å². The van der Waals surface area contributed by atoms with Crippen LogP contribution < -0.4 is 19.6 Å². The molecule has 0 spiro atoms. The molecule has 2 aromatic carbocycles. The number of benzene rings is 2. The Morgan fingerprint density at radius 1 is 1.08 bits per heavy atom. The number of rotatable bonds is 6. The maximum atomic E-state index is 14.0. The molecule has 2 aromatic heterocycles. The molecule has 200 valence electrons. The number of carbonyl (C=O) groups excluding carboxylic acids is 1. The summed E-state index contributed by atoms with van der Waals surface area (Å²) < 4.78 is 15.3. The van der Waals surface area contributed by atoms with E-state index in [2.05, 4.69) is 60.7 Å². The first-order valence-electron chi connectivity index (χ1n) is 12.8. The van der Waals surface area contributed by atoms with Crippen LogP contribution in [0.1, 0.15) is 48.0 Å². The Kier molecular flexibility index (Phi) is 7.14. The highest BCUT2D eigenvalue weighted by Crippen LogP contribution is 2.35. The van der Waals surface area contributed by atoms with Gasteiger partial charge in [0, 0.05) is 22.6 Å². The van der Waals surface area contributed by atoms with Crippen molar-refractivity contribution in [2.24, 2.45) is 4.99 Å². The summed E-state index contributed by atoms with van der Waals surface area (Å²) in [4.78, 5) is 32.4. The average Bonchev–Trinajstić information content (AvgIpc) is 3.37. The van der Waals surface area contributed by atoms with Crippen molar-refractivity contribution in [1.29, 1.82) is 0 Å². The van der Waals surface area contributed by atoms with Crippen molar-refractivity contribution < 1.29 is 14.3 Å². The molecule has 0 aliphatic carbocycles. The molecule has 0 amide bonds. The van der Waals surface area contributed by atoms with Gasteiger partial charge in [-0.05, 0) is 70.5 Å². The molecular weight excluding hydrogens is 510 g/mol. The van der Waals surface area contributed by atoms with Crippen molar-refractivity contribution >= 4 is 23.4 Å². The van der Waals surface area contributed by atoms with Crippen LogP contribution in [0.25, 0.3) is 11.8 Å². The first-order valence-corrected chi connectivity index (χ1v) is 13.6. The lowest BCUT2D eigenvalue weighted by atomic mass is 9.95. The van der Waals surface area contributed by atoms with Gasteiger partial charge in [-0.25, -0.2) is 9.79 Å². The molecule has 1 atom stereocenters. The normalized spacial score (nSPS) is 15.2. The Labute approximate surface area is 231 Å². The van der Waals surface area contributed by atoms with Gasteiger partial charge in [0.2, 0.25) is 0 Å². The van der Waals surface area contributed by atoms with Crippen molar-refractivity contribution in [3.05, 3.63) is 114 Å². The standard InChI is InChI=1S/C31H31N3O4S/c1-7-38-30(36)27-20(4)32-31-34(28(27)24-10-8-9-11-25(24)37-6)29(35)26(39-31)17-22-16-19(3)33(21(22)5)23-14-12-18(2)13-15-23/h8-17,28H,7H2,1-6H3. The number of methoxy groups -OCH3 is 1. The summed E-state index contributed by atoms with van der Waals surface area (Å²) in [5, 5.41) is 0. The lowest BCUT2D eigenvalue weighted by Gasteiger charge is -2.25. The van der Waals surface area contributed by atoms with Gasteiger partial charge in [0.05, 0.1) is 29.5 Å². The molecule has 4 aromatic rings. The second-order valence-electron chi connectivity index (χ2n) is 9.54. The van der Waals surface area contributed by atoms with Crippen molar-refractivity contribution in [2.45, 2.75) is 40.7 Å². The molecule has 7 nitrogen and oxygen atoms in total. The zero-order valence-electron chi connectivity index (χ0n) is 22.9. The largest absolute Gasteiger partial charge is 0.496 e. The molecule has 39 heavy (non-hydrogen) atoms. The van der Waals surface area contributed by atoms with Gasteiger partial charge >= 0.3 is 5.97 Å². The second kappa shape index (κ2) is 10.5. The third kappa shape index (κ3) is 4.65. The number of fused-ring (bicyclic) bond motifs is 1. The summed E-state index contributed by atoms with van der Waals surface area (Å²) >= 11 is 1.31. The van der Waals surface area contributed by atoms with Crippen LogP contribution in [0.3, 0.4) is 0 Å². The molecule has 0 N–H and O–H groups in total. The SMILES string of the molecule is CCOC(=O)C1=C(C)N=c2sc(=Cc3cc(C)n(-c4ccc(C)cc4)c3C)c(=O)n2C1c1ccccc1OC. The maximum Gasteiger partial charge on any atom is 0.338 e. The molecule has 0 radical (unpaired) electrons. The number of thiazole rings is 1. The predicted octanol–water partition coefficient (Wildman–Crippen LogP) is 4.52. The number of esters is 1. The maximum absolute atomic E-state index is 14.0. The lowest BCUT2D eigenvalue weighted by molar-refractivity contribution is -0.139. The fourth-order valence-electron chi connectivity index (χ4n) is 5.14. The summed E-state index contributed by atoms with van der Waals surface area (Å²) in [7, 11) is 1.58. The Morgan fingerprint density at radius 2 is 1.79 bits per heavy atom. The van der Waals surface area contributed by atoms with Crippen LogP contribution in [0.15, 0.2) is 75.7 Å². The monoisotopic (exact) mass is 541 g/mol. The van der Waals surface area contributed by atoms with Crippen LogP contribution >= 0.6 is 11.3 Å². The number of aromatic nitrogens is 2. The zero-order valence-corrected chi connectivity index (χ0v) is 23.8. The number of ether oxygens (including phenoxy) is 2. The van der Waals surface area contributed by atoms with E-state index in [9.17, 15) is 9.59 Å². The molecule has 8 heteroatoms. The number of para-hydroxylation sites is 1. The molecule has 0 saturated heterocycles. The molecule has 3 heterocycles. The van der Waals surface area contributed by atoms with E-state index < -0.39 is 12.0 Å². The van der Waals surface area contributed by atoms with Gasteiger partial charge in [-0.3, -0.25) is 9.36 Å². The van der Waals surface area contributed by atoms with Gasteiger partial charge in [0.1, 0.15) is 11.8 Å². The first kappa shape index (κ1) is 26.4. The fraction of sp³-hybridized carbons (Fsp3) is 0.258. The molecule has 0 saturated carbocycles. The van der Waals surface area contributed by atoms with E-state index >= 15 is 0 Å². The van der Waals surface area contributed by atoms with Crippen molar-refractivity contribution in [3.8, 4) is 11.4 Å². The summed E-state index contributed by atoms with van der Waals surface area (Å²) in [6, 6.07) is 17.2. The first-order chi connectivity index (χ1) is 18.7. The van der Waals surface area contributed by atoms with E-state index in [0.29, 0.717) is 31.9 Å². The molecule has 1 aliphatic rings. The summed E-state index contributed by atoms with van der Waals surface area (Å²) in [6.45, 7) is 9.93. The topological polar surface area (TPSA) is 74.8 Å². The van der Waals surface area contributed by atoms with Crippen LogP contribution in [0.4, 0.5) is 0 Å². The Bertz CT molecular complexity index is 1790. The fourth-order valence-corrected chi connectivity index (χ4v) is 6.18. The van der Waals surface area contributed by atoms with Crippen LogP contribution in [-0.4, -0.2) is 28.8 Å². The quantitative estimate of drug-likeness (QED) is 0.337. The smallest absolute Gasteiger partial charge is 0.338 e. The number of nitrogens with zero attached hydrogens (tertiary/aromatic N) is 3. The van der Waals surface area contributed by atoms with Gasteiger partial charge in [0.15, 0.2) is 4.80 Å². The molecule has 1 aliphatic heterocycles. The highest BCUT2D eigenvalue weighted by atomic mass is 32.1. The number of hydrogen-bond donors (Lipinski definition) is 0. The highest BCUT2D eigenvalue weighted by molar-refractivity contribution is 7.07. The van der Waals surface area contributed by atoms with Crippen LogP contribution in [0, 0.1) is 20.8 Å². The third-order valence-electron chi connectivity index (χ3n) is 7.00. The van der Waals surface area contributed by atoms with Crippen molar-refractivity contribution in [2.75, 3.05) is 13.7 Å². The predicted molar refractivity (Wildman–Crippen MR) is 153 cm³/mol. The molecule has 0 bridgehead atoms. The minimum atomic E-state index is -0.724. The third-order valence-corrected chi connectivity index (χ3v) is 7.98. The van der Waals surface area contributed by atoms with E-state index in [1.807, 2.05) is 30.3 Å². The Morgan fingerprint density at radius 3 is 2.49 bits per heavy atom. The van der Waals surface area contributed by atoms with E-state index in [1.165, 1.54) is 16.9 Å². The summed E-state index contributed by atoms with van der Waals surface area (Å²) in [6.07, 6.45) is 1.92. The molecular formula is C31H31N3O4S. The molecule has 1 unspecified atom stereocenters. The van der Waals surface area contributed by atoms with Crippen LogP contribution in [0.2, 0.25) is 0 Å². The molecule has 5 rings (SSSR count). The Balaban J connectivity index is 1.71. The van der Waals surface area contributed by atoms with Gasteiger partial charge < -0.3 is 14.0 Å². The number of aryl methyl sites for hydroxylation is 2. The van der Waals surface area contributed by atoms with Crippen molar-refractivity contribution in [3.63, 3.8) is 0 Å².